The largest absolute Gasteiger partial charge is 0.496 e. The molecule has 2 bridgehead atoms. The van der Waals surface area contributed by atoms with E-state index in [1.165, 1.54) is 0 Å². The summed E-state index contributed by atoms with van der Waals surface area (Å²) < 4.78 is 17.8. The quantitative estimate of drug-likeness (QED) is 0.587. The van der Waals surface area contributed by atoms with E-state index < -0.39 is 5.72 Å². The molecule has 1 aromatic carbocycles. The Kier molecular flexibility index (Phi) is 5.66. The van der Waals surface area contributed by atoms with Gasteiger partial charge in [0.05, 0.1) is 44.7 Å². The summed E-state index contributed by atoms with van der Waals surface area (Å²) in [4.78, 5) is 16.6. The average molecular weight is 464 g/mol. The summed E-state index contributed by atoms with van der Waals surface area (Å²) in [5.41, 5.74) is 3.37. The lowest BCUT2D eigenvalue weighted by molar-refractivity contribution is -0.221. The lowest BCUT2D eigenvalue weighted by Crippen LogP contribution is -2.64. The summed E-state index contributed by atoms with van der Waals surface area (Å²) in [6.07, 6.45) is 5.68. The first kappa shape index (κ1) is 21.8. The van der Waals surface area contributed by atoms with E-state index in [4.69, 9.17) is 24.2 Å². The molecule has 3 saturated heterocycles. The van der Waals surface area contributed by atoms with Crippen molar-refractivity contribution in [2.45, 2.75) is 37.3 Å². The van der Waals surface area contributed by atoms with Crippen LogP contribution in [0.1, 0.15) is 24.1 Å². The number of hydrogen-bond acceptors (Lipinski definition) is 9. The molecular formula is C25H29N5O4. The Morgan fingerprint density at radius 2 is 2.03 bits per heavy atom. The van der Waals surface area contributed by atoms with Crippen LogP contribution in [0.15, 0.2) is 36.8 Å². The van der Waals surface area contributed by atoms with Gasteiger partial charge in [-0.05, 0) is 37.1 Å². The van der Waals surface area contributed by atoms with Gasteiger partial charge in [-0.25, -0.2) is 9.97 Å². The second-order valence-corrected chi connectivity index (χ2v) is 9.13. The highest BCUT2D eigenvalue weighted by atomic mass is 16.5. The summed E-state index contributed by atoms with van der Waals surface area (Å²) in [6, 6.07) is 8.29. The maximum absolute atomic E-state index is 9.72. The van der Waals surface area contributed by atoms with Crippen LogP contribution < -0.4 is 10.1 Å². The van der Waals surface area contributed by atoms with Crippen LogP contribution in [0, 0.1) is 0 Å². The molecule has 3 aliphatic rings. The molecule has 3 atom stereocenters. The molecule has 0 amide bonds. The van der Waals surface area contributed by atoms with Crippen LogP contribution in [0.25, 0.3) is 22.2 Å². The van der Waals surface area contributed by atoms with Crippen LogP contribution in [0.3, 0.4) is 0 Å². The topological polar surface area (TPSA) is 102 Å². The second kappa shape index (κ2) is 8.83. The molecule has 3 aliphatic heterocycles. The number of ether oxygens (including phenoxy) is 3. The van der Waals surface area contributed by atoms with Crippen LogP contribution in [0.4, 0.5) is 0 Å². The molecule has 5 heterocycles. The summed E-state index contributed by atoms with van der Waals surface area (Å²) in [5, 5.41) is 14.1. The van der Waals surface area contributed by atoms with Crippen LogP contribution in [-0.2, 0) is 21.8 Å². The van der Waals surface area contributed by atoms with Crippen molar-refractivity contribution in [3.63, 3.8) is 0 Å². The highest BCUT2D eigenvalue weighted by Crippen LogP contribution is 2.43. The van der Waals surface area contributed by atoms with Crippen LogP contribution in [-0.4, -0.2) is 77.1 Å². The van der Waals surface area contributed by atoms with E-state index in [0.717, 1.165) is 60.5 Å². The summed E-state index contributed by atoms with van der Waals surface area (Å²) in [5.74, 6) is 0.653. The third kappa shape index (κ3) is 3.47. The molecule has 0 spiro atoms. The molecule has 2 aromatic heterocycles. The third-order valence-electron chi connectivity index (χ3n) is 7.28. The zero-order valence-corrected chi connectivity index (χ0v) is 19.2. The predicted molar refractivity (Wildman–Crippen MR) is 125 cm³/mol. The van der Waals surface area contributed by atoms with Gasteiger partial charge in [-0.1, -0.05) is 0 Å². The Labute approximate surface area is 198 Å². The highest BCUT2D eigenvalue weighted by Gasteiger charge is 2.53. The van der Waals surface area contributed by atoms with Gasteiger partial charge in [0.15, 0.2) is 5.72 Å². The minimum absolute atomic E-state index is 0.106. The number of nitrogens with zero attached hydrogens (tertiary/aromatic N) is 4. The van der Waals surface area contributed by atoms with E-state index in [1.54, 1.807) is 13.4 Å². The van der Waals surface area contributed by atoms with Crippen LogP contribution in [0.5, 0.6) is 5.75 Å². The van der Waals surface area contributed by atoms with E-state index in [9.17, 15) is 5.11 Å². The molecule has 2 N–H and O–H groups in total. The fraction of sp³-hybridized carbons (Fsp3) is 0.480. The molecule has 9 nitrogen and oxygen atoms in total. The minimum atomic E-state index is -0.678. The van der Waals surface area contributed by atoms with Crippen molar-refractivity contribution in [1.29, 1.82) is 0 Å². The van der Waals surface area contributed by atoms with Gasteiger partial charge < -0.3 is 24.6 Å². The SMILES string of the molecule is COc1ccc(-c2cc3ncnc(C4(N5[C@@H]6CC[C@H]5COC6)CNCCO4)c3cn2)cc1CO. The van der Waals surface area contributed by atoms with E-state index in [0.29, 0.717) is 36.5 Å². The standard InChI is InChI=1S/C25H29N5O4/c1-32-23-5-2-16(8-17(23)11-31)21-9-22-20(10-27-21)24(29-15-28-22)25(14-26-6-7-34-25)30-18-3-4-19(30)13-33-12-18/h2,5,8-10,15,18-19,26,31H,3-4,6-7,11-14H2,1H3/t18-,19+,25?. The summed E-state index contributed by atoms with van der Waals surface area (Å²) in [6.45, 7) is 3.42. The zero-order chi connectivity index (χ0) is 23.1. The lowest BCUT2D eigenvalue weighted by Gasteiger charge is -2.50. The normalized spacial score (nSPS) is 27.2. The number of methoxy groups -OCH3 is 1. The summed E-state index contributed by atoms with van der Waals surface area (Å²) in [7, 11) is 1.60. The smallest absolute Gasteiger partial charge is 0.178 e. The fourth-order valence-electron chi connectivity index (χ4n) is 5.74. The van der Waals surface area contributed by atoms with E-state index in [2.05, 4.69) is 15.2 Å². The molecule has 0 aliphatic carbocycles. The Morgan fingerprint density at radius 3 is 2.76 bits per heavy atom. The maximum Gasteiger partial charge on any atom is 0.178 e. The number of aliphatic hydroxyl groups is 1. The fourth-order valence-corrected chi connectivity index (χ4v) is 5.74. The van der Waals surface area contributed by atoms with Crippen molar-refractivity contribution in [3.8, 4) is 17.0 Å². The Bertz CT molecular complexity index is 1180. The molecule has 9 heteroatoms. The Morgan fingerprint density at radius 1 is 1.18 bits per heavy atom. The molecule has 3 aromatic rings. The third-order valence-corrected chi connectivity index (χ3v) is 7.28. The van der Waals surface area contributed by atoms with Crippen LogP contribution >= 0.6 is 0 Å². The van der Waals surface area contributed by atoms with Crippen molar-refractivity contribution >= 4 is 10.9 Å². The number of aromatic nitrogens is 3. The summed E-state index contributed by atoms with van der Waals surface area (Å²) >= 11 is 0. The number of fused-ring (bicyclic) bond motifs is 3. The number of rotatable bonds is 5. The number of morpholine rings is 2. The lowest BCUT2D eigenvalue weighted by atomic mass is 9.98. The minimum Gasteiger partial charge on any atom is -0.496 e. The molecule has 0 radical (unpaired) electrons. The number of pyridine rings is 1. The molecular weight excluding hydrogens is 434 g/mol. The number of benzene rings is 1. The number of aliphatic hydroxyl groups excluding tert-OH is 1. The van der Waals surface area contributed by atoms with Gasteiger partial charge in [-0.15, -0.1) is 0 Å². The first-order chi connectivity index (χ1) is 16.7. The van der Waals surface area contributed by atoms with Gasteiger partial charge in [-0.2, -0.15) is 0 Å². The van der Waals surface area contributed by atoms with E-state index in [-0.39, 0.29) is 6.61 Å². The van der Waals surface area contributed by atoms with Crippen molar-refractivity contribution in [3.05, 3.63) is 48.0 Å². The molecule has 0 saturated carbocycles. The molecule has 34 heavy (non-hydrogen) atoms. The van der Waals surface area contributed by atoms with E-state index in [1.807, 2.05) is 30.5 Å². The van der Waals surface area contributed by atoms with Crippen molar-refractivity contribution < 1.29 is 19.3 Å². The highest BCUT2D eigenvalue weighted by molar-refractivity contribution is 5.84. The predicted octanol–water partition coefficient (Wildman–Crippen LogP) is 1.83. The van der Waals surface area contributed by atoms with E-state index >= 15 is 0 Å². The van der Waals surface area contributed by atoms with Gasteiger partial charge >= 0.3 is 0 Å². The number of nitrogens with one attached hydrogen (secondary N) is 1. The monoisotopic (exact) mass is 463 g/mol. The Balaban J connectivity index is 1.45. The molecule has 6 rings (SSSR count). The van der Waals surface area contributed by atoms with Gasteiger partial charge in [0.25, 0.3) is 0 Å². The second-order valence-electron chi connectivity index (χ2n) is 9.13. The van der Waals surface area contributed by atoms with Gasteiger partial charge in [0, 0.05) is 47.9 Å². The molecule has 178 valence electrons. The van der Waals surface area contributed by atoms with Gasteiger partial charge in [0.1, 0.15) is 17.8 Å². The van der Waals surface area contributed by atoms with Crippen molar-refractivity contribution in [2.75, 3.05) is 40.0 Å². The molecule has 3 fully saturated rings. The molecule has 1 unspecified atom stereocenters. The first-order valence-electron chi connectivity index (χ1n) is 11.8. The zero-order valence-electron chi connectivity index (χ0n) is 19.2. The average Bonchev–Trinajstić information content (AvgIpc) is 3.17. The maximum atomic E-state index is 9.72. The van der Waals surface area contributed by atoms with Crippen LogP contribution in [0.2, 0.25) is 0 Å². The van der Waals surface area contributed by atoms with Crippen molar-refractivity contribution in [1.82, 2.24) is 25.2 Å². The Hall–Kier alpha value is -2.69. The first-order valence-corrected chi connectivity index (χ1v) is 11.8. The van der Waals surface area contributed by atoms with Crippen molar-refractivity contribution in [2.24, 2.45) is 0 Å². The van der Waals surface area contributed by atoms with Gasteiger partial charge in [-0.3, -0.25) is 9.88 Å². The number of hydrogen-bond donors (Lipinski definition) is 2. The van der Waals surface area contributed by atoms with Gasteiger partial charge in [0.2, 0.25) is 0 Å².